The molecule has 2 rings (SSSR count). The third-order valence-corrected chi connectivity index (χ3v) is 3.36. The van der Waals surface area contributed by atoms with E-state index in [1.165, 1.54) is 19.3 Å². The first-order valence-corrected chi connectivity index (χ1v) is 6.28. The average molecular weight is 246 g/mol. The second-order valence-electron chi connectivity index (χ2n) is 4.62. The quantitative estimate of drug-likeness (QED) is 0.464. The van der Waals surface area contributed by atoms with Crippen molar-refractivity contribution in [2.24, 2.45) is 5.11 Å². The number of rotatable bonds is 4. The fourth-order valence-corrected chi connectivity index (χ4v) is 2.21. The topological polar surface area (TPSA) is 61.2 Å². The predicted octanol–water partition coefficient (Wildman–Crippen LogP) is 3.49. The molecule has 1 aromatic carbocycles. The van der Waals surface area contributed by atoms with Gasteiger partial charge in [-0.2, -0.15) is 0 Å². The van der Waals surface area contributed by atoms with E-state index in [2.05, 4.69) is 22.0 Å². The fourth-order valence-electron chi connectivity index (χ4n) is 2.21. The highest BCUT2D eigenvalue weighted by Gasteiger charge is 2.19. The molecule has 0 spiro atoms. The van der Waals surface area contributed by atoms with Gasteiger partial charge in [0.2, 0.25) is 0 Å². The summed E-state index contributed by atoms with van der Waals surface area (Å²) in [7, 11) is 2.15. The minimum Gasteiger partial charge on any atom is -0.492 e. The van der Waals surface area contributed by atoms with Crippen LogP contribution in [0.25, 0.3) is 10.4 Å². The molecule has 1 aliphatic heterocycles. The molecule has 0 aliphatic carbocycles. The molecule has 0 saturated carbocycles. The van der Waals surface area contributed by atoms with Gasteiger partial charge in [0, 0.05) is 16.6 Å². The summed E-state index contributed by atoms with van der Waals surface area (Å²) in [6.07, 6.45) is 3.77. The largest absolute Gasteiger partial charge is 0.492 e. The van der Waals surface area contributed by atoms with Crippen molar-refractivity contribution in [1.82, 2.24) is 4.90 Å². The zero-order valence-corrected chi connectivity index (χ0v) is 10.6. The van der Waals surface area contributed by atoms with Crippen LogP contribution in [0.1, 0.15) is 19.3 Å². The van der Waals surface area contributed by atoms with Gasteiger partial charge < -0.3 is 9.64 Å². The summed E-state index contributed by atoms with van der Waals surface area (Å²) in [5.74, 6) is 0.825. The van der Waals surface area contributed by atoms with E-state index in [1.807, 2.05) is 12.1 Å². The van der Waals surface area contributed by atoms with Gasteiger partial charge in [0.25, 0.3) is 0 Å². The number of likely N-dealkylation sites (tertiary alicyclic amines) is 1. The maximum absolute atomic E-state index is 8.31. The normalized spacial score (nSPS) is 20.2. The summed E-state index contributed by atoms with van der Waals surface area (Å²) in [4.78, 5) is 5.10. The molecular weight excluding hydrogens is 228 g/mol. The molecule has 1 aromatic rings. The van der Waals surface area contributed by atoms with E-state index in [-0.39, 0.29) is 0 Å². The number of azide groups is 1. The van der Waals surface area contributed by atoms with E-state index in [0.29, 0.717) is 11.7 Å². The van der Waals surface area contributed by atoms with Crippen molar-refractivity contribution in [3.8, 4) is 5.75 Å². The van der Waals surface area contributed by atoms with Crippen LogP contribution in [0.4, 0.5) is 5.69 Å². The molecule has 96 valence electrons. The van der Waals surface area contributed by atoms with Crippen LogP contribution in [0.5, 0.6) is 5.75 Å². The lowest BCUT2D eigenvalue weighted by atomic mass is 10.0. The van der Waals surface area contributed by atoms with Crippen molar-refractivity contribution in [2.45, 2.75) is 25.3 Å². The Labute approximate surface area is 107 Å². The van der Waals surface area contributed by atoms with Gasteiger partial charge in [0.05, 0.1) is 0 Å². The molecule has 1 atom stereocenters. The summed E-state index contributed by atoms with van der Waals surface area (Å²) in [6.45, 7) is 1.88. The van der Waals surface area contributed by atoms with Crippen LogP contribution in [0, 0.1) is 0 Å². The molecule has 1 saturated heterocycles. The lowest BCUT2D eigenvalue weighted by molar-refractivity contribution is 0.125. The molecule has 1 heterocycles. The second kappa shape index (κ2) is 6.28. The van der Waals surface area contributed by atoms with Gasteiger partial charge in [-0.05, 0) is 56.2 Å². The monoisotopic (exact) mass is 246 g/mol. The van der Waals surface area contributed by atoms with Gasteiger partial charge in [0.1, 0.15) is 12.4 Å². The Bertz CT molecular complexity index is 425. The zero-order chi connectivity index (χ0) is 12.8. The van der Waals surface area contributed by atoms with Crippen LogP contribution in [0.15, 0.2) is 29.4 Å². The smallest absolute Gasteiger partial charge is 0.119 e. The van der Waals surface area contributed by atoms with Gasteiger partial charge in [-0.25, -0.2) is 0 Å². The van der Waals surface area contributed by atoms with E-state index in [1.54, 1.807) is 12.1 Å². The summed E-state index contributed by atoms with van der Waals surface area (Å²) < 4.78 is 5.77. The van der Waals surface area contributed by atoms with Crippen LogP contribution >= 0.6 is 0 Å². The SMILES string of the molecule is CN1CCCCC1COc1ccc(N=[N+]=[N-])cc1. The highest BCUT2D eigenvalue weighted by molar-refractivity contribution is 5.40. The van der Waals surface area contributed by atoms with Gasteiger partial charge in [-0.1, -0.05) is 11.5 Å². The Morgan fingerprint density at radius 3 is 2.83 bits per heavy atom. The molecule has 0 radical (unpaired) electrons. The standard InChI is InChI=1S/C13H18N4O/c1-17-9-3-2-4-12(17)10-18-13-7-5-11(6-8-13)15-16-14/h5-8,12H,2-4,9-10H2,1H3. The summed E-state index contributed by atoms with van der Waals surface area (Å²) >= 11 is 0. The van der Waals surface area contributed by atoms with E-state index in [4.69, 9.17) is 10.3 Å². The number of hydrogen-bond donors (Lipinski definition) is 0. The fraction of sp³-hybridized carbons (Fsp3) is 0.538. The van der Waals surface area contributed by atoms with Gasteiger partial charge in [-0.3, -0.25) is 0 Å². The Hall–Kier alpha value is -1.71. The molecule has 0 aromatic heterocycles. The van der Waals surface area contributed by atoms with Crippen LogP contribution in [0.3, 0.4) is 0 Å². The first-order chi connectivity index (χ1) is 8.79. The second-order valence-corrected chi connectivity index (χ2v) is 4.62. The van der Waals surface area contributed by atoms with Crippen LogP contribution < -0.4 is 4.74 Å². The molecule has 5 nitrogen and oxygen atoms in total. The van der Waals surface area contributed by atoms with Crippen molar-refractivity contribution < 1.29 is 4.74 Å². The Kier molecular flexibility index (Phi) is 4.45. The van der Waals surface area contributed by atoms with Crippen molar-refractivity contribution in [3.63, 3.8) is 0 Å². The lowest BCUT2D eigenvalue weighted by Crippen LogP contribution is -2.40. The first-order valence-electron chi connectivity index (χ1n) is 6.28. The number of piperidine rings is 1. The highest BCUT2D eigenvalue weighted by atomic mass is 16.5. The minimum atomic E-state index is 0.510. The maximum atomic E-state index is 8.31. The van der Waals surface area contributed by atoms with Crippen LogP contribution in [0.2, 0.25) is 0 Å². The molecule has 0 amide bonds. The molecule has 1 fully saturated rings. The number of hydrogen-bond acceptors (Lipinski definition) is 3. The number of nitrogens with zero attached hydrogens (tertiary/aromatic N) is 4. The minimum absolute atomic E-state index is 0.510. The van der Waals surface area contributed by atoms with E-state index in [0.717, 1.165) is 18.9 Å². The molecule has 5 heteroatoms. The molecule has 18 heavy (non-hydrogen) atoms. The van der Waals surface area contributed by atoms with E-state index >= 15 is 0 Å². The maximum Gasteiger partial charge on any atom is 0.119 e. The molecule has 0 N–H and O–H groups in total. The summed E-state index contributed by atoms with van der Waals surface area (Å²) in [5.41, 5.74) is 8.92. The predicted molar refractivity (Wildman–Crippen MR) is 71.0 cm³/mol. The van der Waals surface area contributed by atoms with Crippen molar-refractivity contribution in [2.75, 3.05) is 20.2 Å². The van der Waals surface area contributed by atoms with Gasteiger partial charge in [0.15, 0.2) is 0 Å². The van der Waals surface area contributed by atoms with Crippen molar-refractivity contribution in [1.29, 1.82) is 0 Å². The third kappa shape index (κ3) is 3.39. The van der Waals surface area contributed by atoms with Gasteiger partial charge >= 0.3 is 0 Å². The van der Waals surface area contributed by atoms with Crippen molar-refractivity contribution >= 4 is 5.69 Å². The highest BCUT2D eigenvalue weighted by Crippen LogP contribution is 2.20. The summed E-state index contributed by atoms with van der Waals surface area (Å²) in [5, 5.41) is 3.53. The van der Waals surface area contributed by atoms with Gasteiger partial charge in [-0.15, -0.1) is 0 Å². The van der Waals surface area contributed by atoms with E-state index in [9.17, 15) is 0 Å². The Balaban J connectivity index is 1.87. The number of ether oxygens (including phenoxy) is 1. The van der Waals surface area contributed by atoms with E-state index < -0.39 is 0 Å². The number of benzene rings is 1. The number of likely N-dealkylation sites (N-methyl/N-ethyl adjacent to an activating group) is 1. The Morgan fingerprint density at radius 1 is 1.39 bits per heavy atom. The molecule has 1 unspecified atom stereocenters. The molecular formula is C13H18N4O. The van der Waals surface area contributed by atoms with Crippen molar-refractivity contribution in [3.05, 3.63) is 34.7 Å². The molecule has 0 bridgehead atoms. The average Bonchev–Trinajstić information content (AvgIpc) is 2.40. The Morgan fingerprint density at radius 2 is 2.17 bits per heavy atom. The first kappa shape index (κ1) is 12.7. The van der Waals surface area contributed by atoms with Crippen LogP contribution in [-0.2, 0) is 0 Å². The molecule has 1 aliphatic rings. The third-order valence-electron chi connectivity index (χ3n) is 3.36. The lowest BCUT2D eigenvalue weighted by Gasteiger charge is -2.32. The summed E-state index contributed by atoms with van der Waals surface area (Å²) in [6, 6.07) is 7.72. The van der Waals surface area contributed by atoms with Crippen LogP contribution in [-0.4, -0.2) is 31.1 Å². The zero-order valence-electron chi connectivity index (χ0n) is 10.6.